The van der Waals surface area contributed by atoms with E-state index in [-0.39, 0.29) is 0 Å². The highest BCUT2D eigenvalue weighted by Gasteiger charge is 2.13. The van der Waals surface area contributed by atoms with Gasteiger partial charge in [0.1, 0.15) is 11.4 Å². The van der Waals surface area contributed by atoms with E-state index in [0.29, 0.717) is 29.7 Å². The first-order valence-corrected chi connectivity index (χ1v) is 9.98. The van der Waals surface area contributed by atoms with Gasteiger partial charge in [-0.05, 0) is 29.8 Å². The second-order valence-electron chi connectivity index (χ2n) is 6.56. The molecule has 0 amide bonds. The molecule has 4 aromatic rings. The van der Waals surface area contributed by atoms with Gasteiger partial charge in [-0.2, -0.15) is 15.0 Å². The Bertz CT molecular complexity index is 1080. The molecule has 2 aromatic heterocycles. The molecule has 0 aliphatic carbocycles. The Hall–Kier alpha value is -2.73. The van der Waals surface area contributed by atoms with E-state index in [1.165, 1.54) is 0 Å². The zero-order valence-corrected chi connectivity index (χ0v) is 17.1. The molecule has 146 valence electrons. The largest absolute Gasteiger partial charge is 0.305 e. The molecule has 5 nitrogen and oxygen atoms in total. The molecule has 0 aliphatic rings. The predicted octanol–water partition coefficient (Wildman–Crippen LogP) is 4.99. The van der Waals surface area contributed by atoms with E-state index in [4.69, 9.17) is 33.4 Å². The van der Waals surface area contributed by atoms with Crippen LogP contribution in [0.2, 0.25) is 10.0 Å². The highest BCUT2D eigenvalue weighted by Crippen LogP contribution is 2.24. The van der Waals surface area contributed by atoms with Gasteiger partial charge in [-0.25, -0.2) is 0 Å². The van der Waals surface area contributed by atoms with Gasteiger partial charge in [-0.1, -0.05) is 65.7 Å². The fourth-order valence-corrected chi connectivity index (χ4v) is 3.33. The smallest absolute Gasteiger partial charge is 0.117 e. The number of aromatic nitrogens is 4. The van der Waals surface area contributed by atoms with E-state index in [9.17, 15) is 0 Å². The number of nitrogens with one attached hydrogen (secondary N) is 1. The van der Waals surface area contributed by atoms with E-state index in [1.807, 2.05) is 60.7 Å². The van der Waals surface area contributed by atoms with Crippen molar-refractivity contribution in [1.82, 2.24) is 25.3 Å². The average Bonchev–Trinajstić information content (AvgIpc) is 3.15. The van der Waals surface area contributed by atoms with Gasteiger partial charge in [0.05, 0.1) is 22.3 Å². The summed E-state index contributed by atoms with van der Waals surface area (Å²) in [6.07, 6.45) is 1.79. The first kappa shape index (κ1) is 19.6. The minimum absolute atomic E-state index is 0.511. The van der Waals surface area contributed by atoms with Gasteiger partial charge in [-0.3, -0.25) is 4.98 Å². The molecule has 2 heterocycles. The molecule has 0 bridgehead atoms. The summed E-state index contributed by atoms with van der Waals surface area (Å²) in [6.45, 7) is 1.76. The molecular formula is C22H19Cl2N5. The maximum Gasteiger partial charge on any atom is 0.117 e. The molecule has 7 heteroatoms. The third-order valence-corrected chi connectivity index (χ3v) is 5.14. The van der Waals surface area contributed by atoms with Crippen LogP contribution in [0.25, 0.3) is 11.3 Å². The molecule has 4 rings (SSSR count). The van der Waals surface area contributed by atoms with Crippen LogP contribution in [0.5, 0.6) is 0 Å². The summed E-state index contributed by atoms with van der Waals surface area (Å²) in [6, 6.07) is 21.5. The summed E-state index contributed by atoms with van der Waals surface area (Å²) >= 11 is 12.2. The summed E-state index contributed by atoms with van der Waals surface area (Å²) in [5, 5.41) is 13.9. The lowest BCUT2D eigenvalue weighted by molar-refractivity contribution is 0.575. The Morgan fingerprint density at radius 3 is 2.41 bits per heavy atom. The van der Waals surface area contributed by atoms with Crippen molar-refractivity contribution in [2.75, 3.05) is 0 Å². The number of hydrogen-bond donors (Lipinski definition) is 1. The molecule has 29 heavy (non-hydrogen) atoms. The first-order valence-electron chi connectivity index (χ1n) is 9.23. The van der Waals surface area contributed by atoms with Crippen molar-refractivity contribution in [3.05, 3.63) is 99.9 Å². The van der Waals surface area contributed by atoms with Crippen molar-refractivity contribution in [2.45, 2.75) is 19.6 Å². The number of benzene rings is 2. The molecule has 0 spiro atoms. The number of halogens is 2. The van der Waals surface area contributed by atoms with Crippen molar-refractivity contribution >= 4 is 23.2 Å². The summed E-state index contributed by atoms with van der Waals surface area (Å²) < 4.78 is 0. The topological polar surface area (TPSA) is 55.6 Å². The van der Waals surface area contributed by atoms with Crippen LogP contribution in [0.3, 0.4) is 0 Å². The van der Waals surface area contributed by atoms with Crippen molar-refractivity contribution in [3.8, 4) is 11.3 Å². The van der Waals surface area contributed by atoms with E-state index >= 15 is 0 Å². The molecule has 0 unspecified atom stereocenters. The lowest BCUT2D eigenvalue weighted by Crippen LogP contribution is -2.15. The van der Waals surface area contributed by atoms with Crippen LogP contribution in [0.4, 0.5) is 0 Å². The molecular weight excluding hydrogens is 405 g/mol. The molecule has 0 atom stereocenters. The molecule has 0 aliphatic heterocycles. The van der Waals surface area contributed by atoms with E-state index in [0.717, 1.165) is 28.2 Å². The lowest BCUT2D eigenvalue weighted by atomic mass is 10.1. The molecule has 2 aromatic carbocycles. The van der Waals surface area contributed by atoms with Crippen LogP contribution >= 0.6 is 23.2 Å². The second-order valence-corrected chi connectivity index (χ2v) is 7.38. The van der Waals surface area contributed by atoms with Gasteiger partial charge < -0.3 is 5.32 Å². The van der Waals surface area contributed by atoms with Crippen molar-refractivity contribution in [1.29, 1.82) is 0 Å². The molecule has 0 radical (unpaired) electrons. The highest BCUT2D eigenvalue weighted by molar-refractivity contribution is 6.42. The van der Waals surface area contributed by atoms with Crippen LogP contribution in [0.1, 0.15) is 17.0 Å². The zero-order valence-electron chi connectivity index (χ0n) is 15.6. The standard InChI is InChI=1S/C22H19Cl2N5/c23-19-10-9-16(12-20(19)24)15-29-27-21(14-25-13-18-8-4-5-11-26-18)22(28-29)17-6-2-1-3-7-17/h1-12,25H,13-15H2. The lowest BCUT2D eigenvalue weighted by Gasteiger charge is -2.04. The van der Waals surface area contributed by atoms with Crippen LogP contribution in [0, 0.1) is 0 Å². The van der Waals surface area contributed by atoms with Gasteiger partial charge in [0, 0.05) is 24.8 Å². The van der Waals surface area contributed by atoms with Crippen molar-refractivity contribution < 1.29 is 0 Å². The molecule has 0 saturated carbocycles. The summed E-state index contributed by atoms with van der Waals surface area (Å²) in [4.78, 5) is 6.03. The van der Waals surface area contributed by atoms with Gasteiger partial charge >= 0.3 is 0 Å². The Morgan fingerprint density at radius 1 is 0.828 bits per heavy atom. The number of nitrogens with zero attached hydrogens (tertiary/aromatic N) is 4. The van der Waals surface area contributed by atoms with Crippen LogP contribution in [0.15, 0.2) is 72.9 Å². The highest BCUT2D eigenvalue weighted by atomic mass is 35.5. The Morgan fingerprint density at radius 2 is 1.66 bits per heavy atom. The number of pyridine rings is 1. The summed E-state index contributed by atoms with van der Waals surface area (Å²) in [5.41, 5.74) is 4.74. The Balaban J connectivity index is 1.56. The summed E-state index contributed by atoms with van der Waals surface area (Å²) in [7, 11) is 0. The van der Waals surface area contributed by atoms with Crippen molar-refractivity contribution in [2.24, 2.45) is 0 Å². The van der Waals surface area contributed by atoms with Crippen LogP contribution in [-0.2, 0) is 19.6 Å². The van der Waals surface area contributed by atoms with Crippen molar-refractivity contribution in [3.63, 3.8) is 0 Å². The maximum absolute atomic E-state index is 6.14. The normalized spacial score (nSPS) is 11.0. The Labute approximate surface area is 179 Å². The Kier molecular flexibility index (Phi) is 6.20. The quantitative estimate of drug-likeness (QED) is 0.455. The number of rotatable bonds is 7. The zero-order chi connectivity index (χ0) is 20.1. The fourth-order valence-electron chi connectivity index (χ4n) is 3.01. The monoisotopic (exact) mass is 423 g/mol. The summed E-state index contributed by atoms with van der Waals surface area (Å²) in [5.74, 6) is 0. The SMILES string of the molecule is Clc1ccc(Cn2nc(CNCc3ccccn3)c(-c3ccccc3)n2)cc1Cl. The van der Waals surface area contributed by atoms with Gasteiger partial charge in [0.2, 0.25) is 0 Å². The van der Waals surface area contributed by atoms with E-state index in [2.05, 4.69) is 10.3 Å². The van der Waals surface area contributed by atoms with Gasteiger partial charge in [0.25, 0.3) is 0 Å². The first-order chi connectivity index (χ1) is 14.2. The van der Waals surface area contributed by atoms with E-state index < -0.39 is 0 Å². The minimum atomic E-state index is 0.511. The fraction of sp³-hybridized carbons (Fsp3) is 0.136. The third kappa shape index (κ3) is 5.01. The van der Waals surface area contributed by atoms with E-state index in [1.54, 1.807) is 17.1 Å². The molecule has 0 saturated heterocycles. The predicted molar refractivity (Wildman–Crippen MR) is 116 cm³/mol. The van der Waals surface area contributed by atoms with Gasteiger partial charge in [0.15, 0.2) is 0 Å². The molecule has 1 N–H and O–H groups in total. The molecule has 0 fully saturated rings. The minimum Gasteiger partial charge on any atom is -0.305 e. The maximum atomic E-state index is 6.14. The second kappa shape index (κ2) is 9.18. The number of hydrogen-bond acceptors (Lipinski definition) is 4. The van der Waals surface area contributed by atoms with Gasteiger partial charge in [-0.15, -0.1) is 0 Å². The average molecular weight is 424 g/mol. The van der Waals surface area contributed by atoms with Crippen LogP contribution < -0.4 is 5.32 Å². The third-order valence-electron chi connectivity index (χ3n) is 4.40. The van der Waals surface area contributed by atoms with Crippen LogP contribution in [-0.4, -0.2) is 20.0 Å².